The molecule has 0 saturated heterocycles. The molecule has 1 aromatic carbocycles. The van der Waals surface area contributed by atoms with Crippen molar-refractivity contribution in [1.82, 2.24) is 5.32 Å². The molecule has 0 aliphatic heterocycles. The van der Waals surface area contributed by atoms with Crippen LogP contribution < -0.4 is 10.1 Å². The highest BCUT2D eigenvalue weighted by atomic mass is 16.5. The summed E-state index contributed by atoms with van der Waals surface area (Å²) in [6.45, 7) is 2.26. The van der Waals surface area contributed by atoms with Gasteiger partial charge < -0.3 is 10.1 Å². The van der Waals surface area contributed by atoms with Gasteiger partial charge in [-0.05, 0) is 44.9 Å². The number of aryl methyl sites for hydroxylation is 1. The maximum atomic E-state index is 5.51. The summed E-state index contributed by atoms with van der Waals surface area (Å²) in [5.74, 6) is 1.65. The highest BCUT2D eigenvalue weighted by Gasteiger charge is 2.27. The van der Waals surface area contributed by atoms with Gasteiger partial charge in [0.25, 0.3) is 0 Å². The van der Waals surface area contributed by atoms with Crippen LogP contribution in [0.25, 0.3) is 0 Å². The maximum absolute atomic E-state index is 5.51. The van der Waals surface area contributed by atoms with Crippen molar-refractivity contribution in [3.63, 3.8) is 0 Å². The quantitative estimate of drug-likeness (QED) is 0.844. The summed E-state index contributed by atoms with van der Waals surface area (Å²) in [5, 5.41) is 3.37. The summed E-state index contributed by atoms with van der Waals surface area (Å²) in [5.41, 5.74) is 2.90. The third-order valence-electron chi connectivity index (χ3n) is 3.77. The van der Waals surface area contributed by atoms with E-state index in [1.165, 1.54) is 30.4 Å². The van der Waals surface area contributed by atoms with Gasteiger partial charge in [-0.3, -0.25) is 0 Å². The maximum Gasteiger partial charge on any atom is 0.122 e. The first-order chi connectivity index (χ1) is 7.77. The molecule has 0 aromatic heterocycles. The number of benzene rings is 1. The van der Waals surface area contributed by atoms with E-state index in [1.807, 2.05) is 7.05 Å². The predicted octanol–water partition coefficient (Wildman–Crippen LogP) is 2.72. The largest absolute Gasteiger partial charge is 0.496 e. The Morgan fingerprint density at radius 2 is 2.25 bits per heavy atom. The molecule has 88 valence electrons. The molecule has 16 heavy (non-hydrogen) atoms. The Hall–Kier alpha value is -1.02. The number of hydrogen-bond donors (Lipinski definition) is 1. The molecule has 1 aliphatic rings. The van der Waals surface area contributed by atoms with Crippen molar-refractivity contribution in [3.8, 4) is 5.75 Å². The van der Waals surface area contributed by atoms with Crippen LogP contribution in [-0.2, 0) is 6.42 Å². The van der Waals surface area contributed by atoms with Crippen molar-refractivity contribution < 1.29 is 4.74 Å². The Bertz CT molecular complexity index is 348. The Labute approximate surface area is 98.0 Å². The van der Waals surface area contributed by atoms with Crippen LogP contribution in [0.15, 0.2) is 18.2 Å². The lowest BCUT2D eigenvalue weighted by molar-refractivity contribution is 0.379. The molecular weight excluding hydrogens is 198 g/mol. The lowest BCUT2D eigenvalue weighted by Gasteiger charge is -2.31. The van der Waals surface area contributed by atoms with E-state index < -0.39 is 0 Å². The van der Waals surface area contributed by atoms with Crippen molar-refractivity contribution in [2.45, 2.75) is 38.1 Å². The molecule has 0 saturated carbocycles. The third-order valence-corrected chi connectivity index (χ3v) is 3.77. The molecule has 0 spiro atoms. The minimum atomic E-state index is 0.510. The molecule has 1 aromatic rings. The van der Waals surface area contributed by atoms with E-state index in [0.717, 1.165) is 5.75 Å². The van der Waals surface area contributed by atoms with Gasteiger partial charge in [0.15, 0.2) is 0 Å². The normalized spacial score (nSPS) is 21.3. The highest BCUT2D eigenvalue weighted by Crippen LogP contribution is 2.39. The Morgan fingerprint density at radius 3 is 2.94 bits per heavy atom. The monoisotopic (exact) mass is 219 g/mol. The fourth-order valence-electron chi connectivity index (χ4n) is 2.76. The summed E-state index contributed by atoms with van der Waals surface area (Å²) in [6.07, 6.45) is 3.74. The Kier molecular flexibility index (Phi) is 3.49. The zero-order valence-corrected chi connectivity index (χ0v) is 10.4. The predicted molar refractivity (Wildman–Crippen MR) is 67.2 cm³/mol. The van der Waals surface area contributed by atoms with Crippen LogP contribution in [0, 0.1) is 0 Å². The smallest absolute Gasteiger partial charge is 0.122 e. The number of ether oxygens (including phenoxy) is 1. The second-order valence-corrected chi connectivity index (χ2v) is 4.61. The molecule has 2 rings (SSSR count). The van der Waals surface area contributed by atoms with Gasteiger partial charge in [-0.2, -0.15) is 0 Å². The number of rotatable bonds is 3. The Morgan fingerprint density at radius 1 is 1.44 bits per heavy atom. The lowest BCUT2D eigenvalue weighted by atomic mass is 9.78. The van der Waals surface area contributed by atoms with Gasteiger partial charge in [0.05, 0.1) is 7.11 Å². The number of hydrogen-bond acceptors (Lipinski definition) is 2. The van der Waals surface area contributed by atoms with Gasteiger partial charge >= 0.3 is 0 Å². The number of nitrogens with one attached hydrogen (secondary N) is 1. The van der Waals surface area contributed by atoms with Crippen molar-refractivity contribution in [2.24, 2.45) is 0 Å². The van der Waals surface area contributed by atoms with Crippen LogP contribution >= 0.6 is 0 Å². The van der Waals surface area contributed by atoms with Crippen LogP contribution in [-0.4, -0.2) is 20.2 Å². The van der Waals surface area contributed by atoms with Gasteiger partial charge in [-0.25, -0.2) is 0 Å². The van der Waals surface area contributed by atoms with Crippen LogP contribution in [0.1, 0.15) is 36.8 Å². The van der Waals surface area contributed by atoms with Crippen molar-refractivity contribution >= 4 is 0 Å². The second-order valence-electron chi connectivity index (χ2n) is 4.61. The lowest BCUT2D eigenvalue weighted by Crippen LogP contribution is -2.31. The molecule has 0 heterocycles. The van der Waals surface area contributed by atoms with Gasteiger partial charge in [0.1, 0.15) is 5.75 Å². The van der Waals surface area contributed by atoms with Crippen molar-refractivity contribution in [1.29, 1.82) is 0 Å². The SMILES string of the molecule is CNC(C)C1CCCc2cccc(OC)c21. The first-order valence-corrected chi connectivity index (χ1v) is 6.11. The van der Waals surface area contributed by atoms with Gasteiger partial charge in [0.2, 0.25) is 0 Å². The van der Waals surface area contributed by atoms with Crippen LogP contribution in [0.3, 0.4) is 0 Å². The summed E-state index contributed by atoms with van der Waals surface area (Å²) in [6, 6.07) is 6.94. The van der Waals surface area contributed by atoms with E-state index in [-0.39, 0.29) is 0 Å². The van der Waals surface area contributed by atoms with Gasteiger partial charge in [-0.1, -0.05) is 12.1 Å². The average Bonchev–Trinajstić information content (AvgIpc) is 2.36. The van der Waals surface area contributed by atoms with Crippen molar-refractivity contribution in [3.05, 3.63) is 29.3 Å². The molecule has 0 bridgehead atoms. The van der Waals surface area contributed by atoms with E-state index in [0.29, 0.717) is 12.0 Å². The third kappa shape index (κ3) is 1.94. The molecule has 1 aliphatic carbocycles. The molecule has 0 fully saturated rings. The number of methoxy groups -OCH3 is 1. The zero-order valence-electron chi connectivity index (χ0n) is 10.4. The highest BCUT2D eigenvalue weighted by molar-refractivity contribution is 5.45. The van der Waals surface area contributed by atoms with E-state index in [2.05, 4.69) is 30.4 Å². The zero-order chi connectivity index (χ0) is 11.5. The van der Waals surface area contributed by atoms with E-state index in [1.54, 1.807) is 7.11 Å². The van der Waals surface area contributed by atoms with Crippen LogP contribution in [0.4, 0.5) is 0 Å². The van der Waals surface area contributed by atoms with E-state index >= 15 is 0 Å². The first kappa shape index (κ1) is 11.5. The molecule has 2 nitrogen and oxygen atoms in total. The fraction of sp³-hybridized carbons (Fsp3) is 0.571. The van der Waals surface area contributed by atoms with Crippen molar-refractivity contribution in [2.75, 3.05) is 14.2 Å². The van der Waals surface area contributed by atoms with Gasteiger partial charge in [0, 0.05) is 17.5 Å². The summed E-state index contributed by atoms with van der Waals surface area (Å²) in [4.78, 5) is 0. The summed E-state index contributed by atoms with van der Waals surface area (Å²) < 4.78 is 5.51. The number of fused-ring (bicyclic) bond motifs is 1. The topological polar surface area (TPSA) is 21.3 Å². The molecule has 2 heteroatoms. The Balaban J connectivity index is 2.42. The first-order valence-electron chi connectivity index (χ1n) is 6.11. The van der Waals surface area contributed by atoms with E-state index in [9.17, 15) is 0 Å². The van der Waals surface area contributed by atoms with E-state index in [4.69, 9.17) is 4.74 Å². The molecule has 0 radical (unpaired) electrons. The minimum Gasteiger partial charge on any atom is -0.496 e. The van der Waals surface area contributed by atoms with Gasteiger partial charge in [-0.15, -0.1) is 0 Å². The molecule has 2 unspecified atom stereocenters. The molecular formula is C14H21NO. The summed E-state index contributed by atoms with van der Waals surface area (Å²) in [7, 11) is 3.81. The molecule has 0 amide bonds. The number of likely N-dealkylation sites (N-methyl/N-ethyl adjacent to an activating group) is 1. The van der Waals surface area contributed by atoms with Crippen LogP contribution in [0.2, 0.25) is 0 Å². The molecule has 1 N–H and O–H groups in total. The summed E-state index contributed by atoms with van der Waals surface area (Å²) >= 11 is 0. The van der Waals surface area contributed by atoms with Crippen LogP contribution in [0.5, 0.6) is 5.75 Å². The average molecular weight is 219 g/mol. The minimum absolute atomic E-state index is 0.510. The standard InChI is InChI=1S/C14H21NO/c1-10(15-2)12-8-4-6-11-7-5-9-13(16-3)14(11)12/h5,7,9-10,12,15H,4,6,8H2,1-3H3. The fourth-order valence-corrected chi connectivity index (χ4v) is 2.76. The second kappa shape index (κ2) is 4.88. The molecule has 2 atom stereocenters.